The number of anilines is 1. The van der Waals surface area contributed by atoms with E-state index in [1.54, 1.807) is 11.1 Å². The molecule has 2 aromatic carbocycles. The van der Waals surface area contributed by atoms with Crippen LogP contribution in [0.15, 0.2) is 36.4 Å². The number of nitrogens with two attached hydrogens (primary N) is 1. The monoisotopic (exact) mass is 265 g/mol. The Balaban J connectivity index is 1.89. The molecular weight excluding hydrogens is 242 g/mol. The molecule has 1 heteroatoms. The second-order valence-corrected chi connectivity index (χ2v) is 6.17. The summed E-state index contributed by atoms with van der Waals surface area (Å²) in [6.45, 7) is 4.45. The van der Waals surface area contributed by atoms with Crippen molar-refractivity contribution in [3.8, 4) is 0 Å². The maximum absolute atomic E-state index is 5.77. The summed E-state index contributed by atoms with van der Waals surface area (Å²) < 4.78 is 0. The quantitative estimate of drug-likeness (QED) is 0.792. The summed E-state index contributed by atoms with van der Waals surface area (Å²) in [5.74, 6) is 0.668. The lowest BCUT2D eigenvalue weighted by atomic mass is 9.78. The lowest BCUT2D eigenvalue weighted by molar-refractivity contribution is 0.550. The van der Waals surface area contributed by atoms with Crippen LogP contribution in [0, 0.1) is 13.8 Å². The summed E-state index contributed by atoms with van der Waals surface area (Å²) in [6.07, 6.45) is 5.00. The number of benzene rings is 2. The number of rotatable bonds is 2. The van der Waals surface area contributed by atoms with Crippen LogP contribution in [0.4, 0.5) is 5.69 Å². The van der Waals surface area contributed by atoms with Crippen molar-refractivity contribution in [3.63, 3.8) is 0 Å². The molecule has 0 amide bonds. The average molecular weight is 265 g/mol. The van der Waals surface area contributed by atoms with Gasteiger partial charge in [-0.25, -0.2) is 0 Å². The van der Waals surface area contributed by atoms with Gasteiger partial charge in [0.25, 0.3) is 0 Å². The van der Waals surface area contributed by atoms with Crippen LogP contribution < -0.4 is 5.73 Å². The van der Waals surface area contributed by atoms with Gasteiger partial charge in [0, 0.05) is 5.69 Å². The number of fused-ring (bicyclic) bond motifs is 1. The fourth-order valence-electron chi connectivity index (χ4n) is 3.34. The molecule has 2 aromatic rings. The van der Waals surface area contributed by atoms with Crippen LogP contribution in [0.3, 0.4) is 0 Å². The Morgan fingerprint density at radius 1 is 1.05 bits per heavy atom. The highest BCUT2D eigenvalue weighted by Gasteiger charge is 2.21. The van der Waals surface area contributed by atoms with E-state index in [4.69, 9.17) is 5.73 Å². The van der Waals surface area contributed by atoms with Crippen LogP contribution in [0.1, 0.15) is 46.6 Å². The Morgan fingerprint density at radius 2 is 1.75 bits per heavy atom. The predicted octanol–water partition coefficient (Wildman–Crippen LogP) is 4.55. The van der Waals surface area contributed by atoms with E-state index in [9.17, 15) is 0 Å². The van der Waals surface area contributed by atoms with Crippen molar-refractivity contribution in [2.24, 2.45) is 0 Å². The highest BCUT2D eigenvalue weighted by atomic mass is 14.5. The molecule has 0 bridgehead atoms. The van der Waals surface area contributed by atoms with Gasteiger partial charge in [-0.15, -0.1) is 0 Å². The summed E-state index contributed by atoms with van der Waals surface area (Å²) in [5, 5.41) is 0. The normalized spacial score (nSPS) is 17.8. The molecule has 0 saturated heterocycles. The Bertz CT molecular complexity index is 610. The van der Waals surface area contributed by atoms with Gasteiger partial charge in [-0.3, -0.25) is 0 Å². The van der Waals surface area contributed by atoms with E-state index < -0.39 is 0 Å². The van der Waals surface area contributed by atoms with Crippen molar-refractivity contribution in [2.45, 2.75) is 45.4 Å². The van der Waals surface area contributed by atoms with Gasteiger partial charge in [-0.05, 0) is 85.4 Å². The van der Waals surface area contributed by atoms with E-state index in [-0.39, 0.29) is 0 Å². The van der Waals surface area contributed by atoms with Gasteiger partial charge in [0.2, 0.25) is 0 Å². The lowest BCUT2D eigenvalue weighted by Gasteiger charge is -2.27. The predicted molar refractivity (Wildman–Crippen MR) is 86.2 cm³/mol. The molecule has 20 heavy (non-hydrogen) atoms. The third-order valence-electron chi connectivity index (χ3n) is 4.66. The topological polar surface area (TPSA) is 26.0 Å². The molecule has 2 N–H and O–H groups in total. The zero-order valence-electron chi connectivity index (χ0n) is 12.4. The SMILES string of the molecule is Cc1cc2c(cc1C)C(Cc1ccc(N)cc1)CCC2. The van der Waals surface area contributed by atoms with Crippen LogP contribution in [-0.2, 0) is 12.8 Å². The van der Waals surface area contributed by atoms with Crippen LogP contribution in [0.25, 0.3) is 0 Å². The van der Waals surface area contributed by atoms with Crippen molar-refractivity contribution in [3.05, 3.63) is 64.2 Å². The molecule has 104 valence electrons. The van der Waals surface area contributed by atoms with Crippen LogP contribution >= 0.6 is 0 Å². The first-order chi connectivity index (χ1) is 9.63. The highest BCUT2D eigenvalue weighted by molar-refractivity contribution is 5.43. The fraction of sp³-hybridized carbons (Fsp3) is 0.368. The van der Waals surface area contributed by atoms with E-state index in [0.29, 0.717) is 5.92 Å². The first kappa shape index (κ1) is 13.2. The van der Waals surface area contributed by atoms with Crippen molar-refractivity contribution in [1.82, 2.24) is 0 Å². The van der Waals surface area contributed by atoms with E-state index in [0.717, 1.165) is 12.1 Å². The molecule has 1 aliphatic rings. The standard InChI is InChI=1S/C19H23N/c1-13-10-16-4-3-5-17(19(16)11-14(13)2)12-15-6-8-18(20)9-7-15/h6-11,17H,3-5,12,20H2,1-2H3. The van der Waals surface area contributed by atoms with Crippen molar-refractivity contribution in [2.75, 3.05) is 5.73 Å². The van der Waals surface area contributed by atoms with Gasteiger partial charge in [0.05, 0.1) is 0 Å². The molecule has 0 spiro atoms. The van der Waals surface area contributed by atoms with Crippen LogP contribution in [0.2, 0.25) is 0 Å². The van der Waals surface area contributed by atoms with Crippen molar-refractivity contribution < 1.29 is 0 Å². The van der Waals surface area contributed by atoms with Crippen LogP contribution in [-0.4, -0.2) is 0 Å². The van der Waals surface area contributed by atoms with Gasteiger partial charge in [-0.1, -0.05) is 24.3 Å². The summed E-state index contributed by atoms with van der Waals surface area (Å²) in [7, 11) is 0. The number of aryl methyl sites for hydroxylation is 3. The molecule has 0 aliphatic heterocycles. The Hall–Kier alpha value is -1.76. The summed E-state index contributed by atoms with van der Waals surface area (Å²) in [5.41, 5.74) is 14.0. The molecule has 1 nitrogen and oxygen atoms in total. The molecule has 0 radical (unpaired) electrons. The maximum atomic E-state index is 5.77. The summed E-state index contributed by atoms with van der Waals surface area (Å²) in [6, 6.07) is 13.2. The molecule has 1 unspecified atom stereocenters. The molecule has 0 saturated carbocycles. The molecule has 3 rings (SSSR count). The first-order valence-corrected chi connectivity index (χ1v) is 7.58. The smallest absolute Gasteiger partial charge is 0.0314 e. The van der Waals surface area contributed by atoms with Gasteiger partial charge in [0.1, 0.15) is 0 Å². The second kappa shape index (κ2) is 5.32. The minimum absolute atomic E-state index is 0.668. The number of nitrogen functional groups attached to an aromatic ring is 1. The van der Waals surface area contributed by atoms with Gasteiger partial charge in [0.15, 0.2) is 0 Å². The Morgan fingerprint density at radius 3 is 2.50 bits per heavy atom. The maximum Gasteiger partial charge on any atom is 0.0314 e. The van der Waals surface area contributed by atoms with Gasteiger partial charge < -0.3 is 5.73 Å². The first-order valence-electron chi connectivity index (χ1n) is 7.58. The molecule has 1 aliphatic carbocycles. The minimum Gasteiger partial charge on any atom is -0.399 e. The van der Waals surface area contributed by atoms with Gasteiger partial charge in [-0.2, -0.15) is 0 Å². The van der Waals surface area contributed by atoms with Crippen molar-refractivity contribution in [1.29, 1.82) is 0 Å². The van der Waals surface area contributed by atoms with Crippen LogP contribution in [0.5, 0.6) is 0 Å². The van der Waals surface area contributed by atoms with E-state index in [1.807, 2.05) is 12.1 Å². The fourth-order valence-corrected chi connectivity index (χ4v) is 3.34. The zero-order chi connectivity index (χ0) is 14.1. The second-order valence-electron chi connectivity index (χ2n) is 6.17. The van der Waals surface area contributed by atoms with Gasteiger partial charge >= 0.3 is 0 Å². The molecule has 0 fully saturated rings. The molecular formula is C19H23N. The summed E-state index contributed by atoms with van der Waals surface area (Å²) in [4.78, 5) is 0. The summed E-state index contributed by atoms with van der Waals surface area (Å²) >= 11 is 0. The van der Waals surface area contributed by atoms with E-state index in [1.165, 1.54) is 36.0 Å². The molecule has 0 aromatic heterocycles. The number of hydrogen-bond donors (Lipinski definition) is 1. The Kier molecular flexibility index (Phi) is 3.52. The highest BCUT2D eigenvalue weighted by Crippen LogP contribution is 2.35. The van der Waals surface area contributed by atoms with E-state index >= 15 is 0 Å². The largest absolute Gasteiger partial charge is 0.399 e. The third-order valence-corrected chi connectivity index (χ3v) is 4.66. The molecule has 0 heterocycles. The zero-order valence-corrected chi connectivity index (χ0v) is 12.4. The lowest BCUT2D eigenvalue weighted by Crippen LogP contribution is -2.13. The van der Waals surface area contributed by atoms with E-state index in [2.05, 4.69) is 38.1 Å². The Labute approximate surface area is 121 Å². The third kappa shape index (κ3) is 2.58. The van der Waals surface area contributed by atoms with Crippen molar-refractivity contribution >= 4 is 5.69 Å². The molecule has 1 atom stereocenters. The minimum atomic E-state index is 0.668. The average Bonchev–Trinajstić information content (AvgIpc) is 2.43. The number of hydrogen-bond acceptors (Lipinski definition) is 1.